The zero-order chi connectivity index (χ0) is 17.9. The molecule has 26 heavy (non-hydrogen) atoms. The van der Waals surface area contributed by atoms with Crippen molar-refractivity contribution in [1.29, 1.82) is 0 Å². The maximum atomic E-state index is 13.0. The Hall–Kier alpha value is -2.84. The molecule has 0 aliphatic rings. The first kappa shape index (κ1) is 16.6. The van der Waals surface area contributed by atoms with Gasteiger partial charge >= 0.3 is 0 Å². The first-order valence-electron chi connectivity index (χ1n) is 7.68. The molecule has 0 bridgehead atoms. The highest BCUT2D eigenvalue weighted by molar-refractivity contribution is 7.15. The zero-order valence-electron chi connectivity index (χ0n) is 13.3. The average Bonchev–Trinajstić information content (AvgIpc) is 3.41. The molecular formula is C18H12FN3O2S2. The molecular weight excluding hydrogens is 373 g/mol. The van der Waals surface area contributed by atoms with Gasteiger partial charge in [0.05, 0.1) is 11.4 Å². The van der Waals surface area contributed by atoms with E-state index in [2.05, 4.69) is 15.5 Å². The van der Waals surface area contributed by atoms with Crippen LogP contribution in [0.25, 0.3) is 22.2 Å². The van der Waals surface area contributed by atoms with E-state index in [4.69, 9.17) is 4.52 Å². The Kier molecular flexibility index (Phi) is 4.59. The van der Waals surface area contributed by atoms with E-state index < -0.39 is 0 Å². The van der Waals surface area contributed by atoms with Crippen LogP contribution >= 0.6 is 22.7 Å². The number of amides is 1. The molecule has 0 spiro atoms. The standard InChI is InChI=1S/C18H12FN3O2S2/c19-13-3-1-11(2-4-13)16-21-18(24-22-16)15-6-5-14(26-15)9-20-17(23)12-7-8-25-10-12/h1-8,10H,9H2,(H,20,23). The number of carbonyl (C=O) groups excluding carboxylic acids is 1. The van der Waals surface area contributed by atoms with Gasteiger partial charge in [-0.2, -0.15) is 16.3 Å². The predicted molar refractivity (Wildman–Crippen MR) is 98.5 cm³/mol. The van der Waals surface area contributed by atoms with Gasteiger partial charge in [0, 0.05) is 21.4 Å². The third kappa shape index (κ3) is 3.56. The minimum absolute atomic E-state index is 0.0995. The number of thiophene rings is 2. The molecule has 0 atom stereocenters. The van der Waals surface area contributed by atoms with Crippen LogP contribution in [0.1, 0.15) is 15.2 Å². The lowest BCUT2D eigenvalue weighted by molar-refractivity contribution is 0.0952. The van der Waals surface area contributed by atoms with Crippen molar-refractivity contribution in [2.24, 2.45) is 0 Å². The van der Waals surface area contributed by atoms with Gasteiger partial charge in [0.15, 0.2) is 0 Å². The Labute approximate surface area is 156 Å². The van der Waals surface area contributed by atoms with Crippen molar-refractivity contribution in [3.8, 4) is 22.2 Å². The van der Waals surface area contributed by atoms with E-state index in [-0.39, 0.29) is 11.7 Å². The number of benzene rings is 1. The van der Waals surface area contributed by atoms with E-state index in [0.717, 1.165) is 9.75 Å². The van der Waals surface area contributed by atoms with Gasteiger partial charge in [-0.05, 0) is 47.8 Å². The number of aromatic nitrogens is 2. The van der Waals surface area contributed by atoms with Gasteiger partial charge in [0.1, 0.15) is 5.82 Å². The first-order chi connectivity index (χ1) is 12.7. The third-order valence-corrected chi connectivity index (χ3v) is 5.36. The molecule has 8 heteroatoms. The summed E-state index contributed by atoms with van der Waals surface area (Å²) in [6, 6.07) is 11.5. The van der Waals surface area contributed by atoms with Gasteiger partial charge in [-0.1, -0.05) is 5.16 Å². The molecule has 4 rings (SSSR count). The van der Waals surface area contributed by atoms with Crippen molar-refractivity contribution in [2.45, 2.75) is 6.54 Å². The smallest absolute Gasteiger partial charge is 0.268 e. The van der Waals surface area contributed by atoms with Crippen molar-refractivity contribution in [1.82, 2.24) is 15.5 Å². The number of hydrogen-bond donors (Lipinski definition) is 1. The third-order valence-electron chi connectivity index (χ3n) is 3.61. The number of nitrogens with one attached hydrogen (secondary N) is 1. The molecule has 4 aromatic rings. The van der Waals surface area contributed by atoms with Crippen LogP contribution in [0.2, 0.25) is 0 Å². The van der Waals surface area contributed by atoms with Gasteiger partial charge < -0.3 is 9.84 Å². The van der Waals surface area contributed by atoms with E-state index >= 15 is 0 Å². The summed E-state index contributed by atoms with van der Waals surface area (Å²) in [6.45, 7) is 0.429. The maximum Gasteiger partial charge on any atom is 0.268 e. The Balaban J connectivity index is 1.45. The molecule has 130 valence electrons. The number of halogens is 1. The molecule has 3 heterocycles. The van der Waals surface area contributed by atoms with E-state index in [9.17, 15) is 9.18 Å². The lowest BCUT2D eigenvalue weighted by atomic mass is 10.2. The lowest BCUT2D eigenvalue weighted by Gasteiger charge is -2.00. The average molecular weight is 385 g/mol. The zero-order valence-corrected chi connectivity index (χ0v) is 14.9. The number of rotatable bonds is 5. The van der Waals surface area contributed by atoms with Crippen LogP contribution in [0.4, 0.5) is 4.39 Å². The topological polar surface area (TPSA) is 68.0 Å². The van der Waals surface area contributed by atoms with Crippen molar-refractivity contribution in [3.05, 3.63) is 69.5 Å². The summed E-state index contributed by atoms with van der Waals surface area (Å²) in [5.41, 5.74) is 1.34. The summed E-state index contributed by atoms with van der Waals surface area (Å²) < 4.78 is 18.3. The summed E-state index contributed by atoms with van der Waals surface area (Å²) in [5, 5.41) is 10.5. The van der Waals surface area contributed by atoms with Crippen LogP contribution in [0.3, 0.4) is 0 Å². The summed E-state index contributed by atoms with van der Waals surface area (Å²) in [5.74, 6) is 0.382. The second-order valence-corrected chi connectivity index (χ2v) is 7.34. The Morgan fingerprint density at radius 3 is 2.77 bits per heavy atom. The monoisotopic (exact) mass is 385 g/mol. The van der Waals surface area contributed by atoms with Crippen molar-refractivity contribution in [2.75, 3.05) is 0 Å². The molecule has 1 aromatic carbocycles. The molecule has 1 N–H and O–H groups in total. The highest BCUT2D eigenvalue weighted by Crippen LogP contribution is 2.28. The van der Waals surface area contributed by atoms with Gasteiger partial charge in [-0.3, -0.25) is 4.79 Å². The molecule has 3 aromatic heterocycles. The van der Waals surface area contributed by atoms with Crippen molar-refractivity contribution in [3.63, 3.8) is 0 Å². The summed E-state index contributed by atoms with van der Waals surface area (Å²) >= 11 is 2.95. The number of nitrogens with zero attached hydrogens (tertiary/aromatic N) is 2. The Bertz CT molecular complexity index is 1020. The molecule has 0 unspecified atom stereocenters. The molecule has 5 nitrogen and oxygen atoms in total. The van der Waals surface area contributed by atoms with Gasteiger partial charge in [-0.15, -0.1) is 11.3 Å². The fourth-order valence-electron chi connectivity index (χ4n) is 2.29. The minimum atomic E-state index is -0.315. The Morgan fingerprint density at radius 2 is 2.00 bits per heavy atom. The van der Waals surface area contributed by atoms with Crippen LogP contribution in [-0.4, -0.2) is 16.0 Å². The number of carbonyl (C=O) groups is 1. The molecule has 0 aliphatic heterocycles. The van der Waals surface area contributed by atoms with Crippen LogP contribution in [0.15, 0.2) is 57.7 Å². The number of hydrogen-bond acceptors (Lipinski definition) is 6. The summed E-state index contributed by atoms with van der Waals surface area (Å²) in [7, 11) is 0. The van der Waals surface area contributed by atoms with Crippen LogP contribution in [-0.2, 0) is 6.54 Å². The van der Waals surface area contributed by atoms with Crippen LogP contribution in [0, 0.1) is 5.82 Å². The van der Waals surface area contributed by atoms with Gasteiger partial charge in [0.25, 0.3) is 11.8 Å². The predicted octanol–water partition coefficient (Wildman–Crippen LogP) is 4.60. The fraction of sp³-hybridized carbons (Fsp3) is 0.0556. The first-order valence-corrected chi connectivity index (χ1v) is 9.44. The summed E-state index contributed by atoms with van der Waals surface area (Å²) in [6.07, 6.45) is 0. The van der Waals surface area contributed by atoms with E-state index in [1.165, 1.54) is 34.8 Å². The van der Waals surface area contributed by atoms with Gasteiger partial charge in [-0.25, -0.2) is 4.39 Å². The normalized spacial score (nSPS) is 10.8. The van der Waals surface area contributed by atoms with E-state index in [1.54, 1.807) is 18.2 Å². The molecule has 0 fully saturated rings. The SMILES string of the molecule is O=C(NCc1ccc(-c2nc(-c3ccc(F)cc3)no2)s1)c1ccsc1. The molecule has 0 saturated carbocycles. The molecule has 0 saturated heterocycles. The summed E-state index contributed by atoms with van der Waals surface area (Å²) in [4.78, 5) is 18.1. The molecule has 0 radical (unpaired) electrons. The largest absolute Gasteiger partial charge is 0.347 e. The van der Waals surface area contributed by atoms with Crippen LogP contribution in [0.5, 0.6) is 0 Å². The van der Waals surface area contributed by atoms with Crippen molar-refractivity contribution < 1.29 is 13.7 Å². The highest BCUT2D eigenvalue weighted by atomic mass is 32.1. The second kappa shape index (κ2) is 7.19. The molecule has 0 aliphatic carbocycles. The van der Waals surface area contributed by atoms with E-state index in [1.807, 2.05) is 22.9 Å². The highest BCUT2D eigenvalue weighted by Gasteiger charge is 2.13. The van der Waals surface area contributed by atoms with Crippen molar-refractivity contribution >= 4 is 28.6 Å². The van der Waals surface area contributed by atoms with Gasteiger partial charge in [0.2, 0.25) is 5.82 Å². The quantitative estimate of drug-likeness (QED) is 0.545. The Morgan fingerprint density at radius 1 is 1.15 bits per heavy atom. The minimum Gasteiger partial charge on any atom is -0.347 e. The fourth-order valence-corrected chi connectivity index (χ4v) is 3.80. The molecule has 1 amide bonds. The maximum absolute atomic E-state index is 13.0. The lowest BCUT2D eigenvalue weighted by Crippen LogP contribution is -2.21. The van der Waals surface area contributed by atoms with Crippen LogP contribution < -0.4 is 5.32 Å². The second-order valence-electron chi connectivity index (χ2n) is 5.39. The van der Waals surface area contributed by atoms with E-state index in [0.29, 0.717) is 29.4 Å².